The first kappa shape index (κ1) is 27.9. The van der Waals surface area contributed by atoms with Crippen molar-refractivity contribution in [1.82, 2.24) is 15.0 Å². The van der Waals surface area contributed by atoms with Crippen LogP contribution in [0.3, 0.4) is 0 Å². The fourth-order valence-corrected chi connectivity index (χ4v) is 7.97. The summed E-state index contributed by atoms with van der Waals surface area (Å²) in [5.41, 5.74) is 10.4. The van der Waals surface area contributed by atoms with Crippen molar-refractivity contribution in [2.45, 2.75) is 19.3 Å². The Balaban J connectivity index is 1.10. The highest BCUT2D eigenvalue weighted by Gasteiger charge is 2.36. The topological polar surface area (TPSA) is 38.7 Å². The van der Waals surface area contributed by atoms with Gasteiger partial charge >= 0.3 is 0 Å². The van der Waals surface area contributed by atoms with E-state index < -0.39 is 0 Å². The highest BCUT2D eigenvalue weighted by molar-refractivity contribution is 6.25. The molecule has 0 bridgehead atoms. The minimum Gasteiger partial charge on any atom is -0.208 e. The molecule has 8 aromatic carbocycles. The third kappa shape index (κ3) is 4.25. The molecule has 0 N–H and O–H groups in total. The van der Waals surface area contributed by atoms with Crippen molar-refractivity contribution >= 4 is 32.3 Å². The van der Waals surface area contributed by atoms with E-state index in [0.29, 0.717) is 17.5 Å². The van der Waals surface area contributed by atoms with Crippen LogP contribution in [0.15, 0.2) is 152 Å². The van der Waals surface area contributed by atoms with Crippen molar-refractivity contribution in [3.63, 3.8) is 0 Å². The average Bonchev–Trinajstić information content (AvgIpc) is 3.39. The van der Waals surface area contributed by atoms with Crippen LogP contribution in [0.25, 0.3) is 88.7 Å². The monoisotopic (exact) mass is 625 g/mol. The summed E-state index contributed by atoms with van der Waals surface area (Å²) < 4.78 is 0. The second-order valence-electron chi connectivity index (χ2n) is 13.7. The molecule has 1 aromatic heterocycles. The van der Waals surface area contributed by atoms with Gasteiger partial charge in [-0.25, -0.2) is 15.0 Å². The Kier molecular flexibility index (Phi) is 5.92. The first-order chi connectivity index (χ1) is 24.0. The van der Waals surface area contributed by atoms with Gasteiger partial charge in [0.2, 0.25) is 0 Å². The molecule has 0 amide bonds. The lowest BCUT2D eigenvalue weighted by Crippen LogP contribution is -2.15. The summed E-state index contributed by atoms with van der Waals surface area (Å²) in [5.74, 6) is 2.02. The summed E-state index contributed by atoms with van der Waals surface area (Å²) in [6.45, 7) is 4.68. The zero-order valence-corrected chi connectivity index (χ0v) is 27.3. The fourth-order valence-electron chi connectivity index (χ4n) is 7.97. The highest BCUT2D eigenvalue weighted by atomic mass is 15.0. The lowest BCUT2D eigenvalue weighted by molar-refractivity contribution is 0.661. The fraction of sp³-hybridized carbons (Fsp3) is 0.0652. The Labute approximate surface area is 284 Å². The lowest BCUT2D eigenvalue weighted by atomic mass is 9.80. The molecular weight excluding hydrogens is 595 g/mol. The standard InChI is InChI=1S/C46H31N3/c1-46(2)39-26-33(35-22-18-30-17-16-28-14-9-15-29-19-25-38(35)42(30)41(28)29)20-23-36(39)37-24-21-34(27-40(37)46)45-48-43(31-10-5-3-6-11-31)47-44(49-45)32-12-7-4-8-13-32/h3-27H,1-2H3. The molecule has 0 radical (unpaired) electrons. The number of fused-ring (bicyclic) bond motifs is 3. The van der Waals surface area contributed by atoms with Crippen LogP contribution in [-0.2, 0) is 5.41 Å². The molecule has 0 saturated heterocycles. The third-order valence-electron chi connectivity index (χ3n) is 10.5. The number of rotatable bonds is 4. The van der Waals surface area contributed by atoms with Crippen LogP contribution in [0.1, 0.15) is 25.0 Å². The maximum absolute atomic E-state index is 5.02. The summed E-state index contributed by atoms with van der Waals surface area (Å²) in [4.78, 5) is 14.9. The predicted octanol–water partition coefficient (Wildman–Crippen LogP) is 11.7. The maximum Gasteiger partial charge on any atom is 0.164 e. The second-order valence-corrected chi connectivity index (χ2v) is 13.7. The molecule has 1 aliphatic carbocycles. The van der Waals surface area contributed by atoms with E-state index in [9.17, 15) is 0 Å². The number of hydrogen-bond acceptors (Lipinski definition) is 3. The third-order valence-corrected chi connectivity index (χ3v) is 10.5. The SMILES string of the molecule is CC1(C)c2cc(-c3nc(-c4ccccc4)nc(-c4ccccc4)n3)ccc2-c2ccc(-c3ccc4ccc5cccc6ccc3c4c56)cc21. The molecule has 0 unspecified atom stereocenters. The van der Waals surface area contributed by atoms with Gasteiger partial charge in [-0.2, -0.15) is 0 Å². The van der Waals surface area contributed by atoms with E-state index in [1.807, 2.05) is 36.4 Å². The van der Waals surface area contributed by atoms with Gasteiger partial charge in [0.15, 0.2) is 17.5 Å². The Morgan fingerprint density at radius 2 is 0.837 bits per heavy atom. The van der Waals surface area contributed by atoms with Gasteiger partial charge in [-0.1, -0.05) is 153 Å². The van der Waals surface area contributed by atoms with Crippen molar-refractivity contribution in [3.8, 4) is 56.4 Å². The molecule has 0 saturated carbocycles. The van der Waals surface area contributed by atoms with Gasteiger partial charge in [-0.3, -0.25) is 0 Å². The largest absolute Gasteiger partial charge is 0.208 e. The van der Waals surface area contributed by atoms with Crippen LogP contribution < -0.4 is 0 Å². The number of aromatic nitrogens is 3. The zero-order chi connectivity index (χ0) is 32.7. The molecule has 0 aliphatic heterocycles. The van der Waals surface area contributed by atoms with Crippen molar-refractivity contribution < 1.29 is 0 Å². The van der Waals surface area contributed by atoms with Crippen molar-refractivity contribution in [2.75, 3.05) is 0 Å². The highest BCUT2D eigenvalue weighted by Crippen LogP contribution is 2.51. The first-order valence-corrected chi connectivity index (χ1v) is 16.9. The smallest absolute Gasteiger partial charge is 0.164 e. The van der Waals surface area contributed by atoms with Gasteiger partial charge in [0.25, 0.3) is 0 Å². The quantitative estimate of drug-likeness (QED) is 0.183. The van der Waals surface area contributed by atoms with Crippen molar-refractivity contribution in [3.05, 3.63) is 163 Å². The molecule has 230 valence electrons. The molecule has 49 heavy (non-hydrogen) atoms. The molecule has 3 heteroatoms. The minimum atomic E-state index is -0.210. The predicted molar refractivity (Wildman–Crippen MR) is 203 cm³/mol. The molecule has 0 atom stereocenters. The minimum absolute atomic E-state index is 0.210. The number of benzene rings is 8. The van der Waals surface area contributed by atoms with Crippen LogP contribution in [0.5, 0.6) is 0 Å². The summed E-state index contributed by atoms with van der Waals surface area (Å²) in [6.07, 6.45) is 0. The van der Waals surface area contributed by atoms with Crippen molar-refractivity contribution in [1.29, 1.82) is 0 Å². The summed E-state index contributed by atoms with van der Waals surface area (Å²) in [5, 5.41) is 7.87. The average molecular weight is 626 g/mol. The van der Waals surface area contributed by atoms with Crippen molar-refractivity contribution in [2.24, 2.45) is 0 Å². The van der Waals surface area contributed by atoms with E-state index in [4.69, 9.17) is 15.0 Å². The number of nitrogens with zero attached hydrogens (tertiary/aromatic N) is 3. The molecule has 9 aromatic rings. The van der Waals surface area contributed by atoms with Crippen LogP contribution in [0.2, 0.25) is 0 Å². The van der Waals surface area contributed by atoms with Crippen LogP contribution in [0, 0.1) is 0 Å². The normalized spacial score (nSPS) is 13.3. The molecule has 0 spiro atoms. The van der Waals surface area contributed by atoms with Crippen LogP contribution in [0.4, 0.5) is 0 Å². The molecule has 1 heterocycles. The van der Waals surface area contributed by atoms with Gasteiger partial charge in [0, 0.05) is 22.1 Å². The molecule has 0 fully saturated rings. The molecule has 10 rings (SSSR count). The molecule has 1 aliphatic rings. The van der Waals surface area contributed by atoms with Gasteiger partial charge in [0.1, 0.15) is 0 Å². The van der Waals surface area contributed by atoms with Gasteiger partial charge in [0.05, 0.1) is 0 Å². The van der Waals surface area contributed by atoms with Crippen LogP contribution >= 0.6 is 0 Å². The van der Waals surface area contributed by atoms with E-state index >= 15 is 0 Å². The lowest BCUT2D eigenvalue weighted by Gasteiger charge is -2.23. The van der Waals surface area contributed by atoms with Crippen LogP contribution in [-0.4, -0.2) is 15.0 Å². The molecule has 3 nitrogen and oxygen atoms in total. The Hall–Kier alpha value is -6.19. The Morgan fingerprint density at radius 3 is 1.45 bits per heavy atom. The summed E-state index contributed by atoms with van der Waals surface area (Å²) in [7, 11) is 0. The second kappa shape index (κ2) is 10.4. The van der Waals surface area contributed by atoms with E-state index in [1.165, 1.54) is 65.7 Å². The van der Waals surface area contributed by atoms with Gasteiger partial charge in [-0.15, -0.1) is 0 Å². The molecular formula is C46H31N3. The van der Waals surface area contributed by atoms with E-state index in [1.54, 1.807) is 0 Å². The first-order valence-electron chi connectivity index (χ1n) is 16.9. The summed E-state index contributed by atoms with van der Waals surface area (Å²) >= 11 is 0. The van der Waals surface area contributed by atoms with E-state index in [0.717, 1.165) is 16.7 Å². The van der Waals surface area contributed by atoms with E-state index in [2.05, 4.69) is 129 Å². The zero-order valence-electron chi connectivity index (χ0n) is 27.3. The Bertz CT molecular complexity index is 2650. The van der Waals surface area contributed by atoms with Gasteiger partial charge in [-0.05, 0) is 77.8 Å². The van der Waals surface area contributed by atoms with E-state index in [-0.39, 0.29) is 5.41 Å². The van der Waals surface area contributed by atoms with Gasteiger partial charge < -0.3 is 0 Å². The number of hydrogen-bond donors (Lipinski definition) is 0. The maximum atomic E-state index is 5.02. The Morgan fingerprint density at radius 1 is 0.367 bits per heavy atom. The summed E-state index contributed by atoms with van der Waals surface area (Å²) in [6, 6.07) is 54.3.